The van der Waals surface area contributed by atoms with Crippen molar-refractivity contribution in [3.05, 3.63) is 64.7 Å². The van der Waals surface area contributed by atoms with E-state index in [2.05, 4.69) is 37.4 Å². The van der Waals surface area contributed by atoms with Gasteiger partial charge in [-0.15, -0.1) is 12.4 Å². The van der Waals surface area contributed by atoms with Crippen LogP contribution in [0.3, 0.4) is 0 Å². The van der Waals surface area contributed by atoms with Crippen molar-refractivity contribution in [3.63, 3.8) is 0 Å². The first kappa shape index (κ1) is 18.1. The van der Waals surface area contributed by atoms with Crippen LogP contribution in [0, 0.1) is 13.8 Å². The molecule has 0 unspecified atom stereocenters. The lowest BCUT2D eigenvalue weighted by Crippen LogP contribution is -2.27. The van der Waals surface area contributed by atoms with Gasteiger partial charge in [-0.1, -0.05) is 41.5 Å². The molecule has 0 heterocycles. The number of carbonyl (C=O) groups is 1. The van der Waals surface area contributed by atoms with E-state index in [4.69, 9.17) is 5.73 Å². The predicted octanol–water partition coefficient (Wildman–Crippen LogP) is 3.21. The SMILES string of the molecule is Cc1cc(C)cc(CCNC(=O)Cc2ccc(N)cc2)c1.Cl. The van der Waals surface area contributed by atoms with Crippen LogP contribution in [0.2, 0.25) is 0 Å². The number of nitrogens with one attached hydrogen (secondary N) is 1. The number of nitrogen functional groups attached to an aromatic ring is 1. The highest BCUT2D eigenvalue weighted by atomic mass is 35.5. The molecule has 0 atom stereocenters. The maximum atomic E-state index is 11.9. The van der Waals surface area contributed by atoms with Gasteiger partial charge in [-0.25, -0.2) is 0 Å². The molecule has 0 aromatic heterocycles. The van der Waals surface area contributed by atoms with Gasteiger partial charge in [-0.3, -0.25) is 4.79 Å². The normalized spacial score (nSPS) is 9.91. The summed E-state index contributed by atoms with van der Waals surface area (Å²) in [4.78, 5) is 11.9. The minimum absolute atomic E-state index is 0. The van der Waals surface area contributed by atoms with E-state index in [0.29, 0.717) is 18.7 Å². The Bertz CT molecular complexity index is 603. The number of hydrogen-bond acceptors (Lipinski definition) is 2. The summed E-state index contributed by atoms with van der Waals surface area (Å²) in [6, 6.07) is 13.9. The average Bonchev–Trinajstić information content (AvgIpc) is 2.40. The minimum Gasteiger partial charge on any atom is -0.399 e. The fourth-order valence-electron chi connectivity index (χ4n) is 2.44. The molecule has 0 bridgehead atoms. The van der Waals surface area contributed by atoms with Crippen LogP contribution in [0.15, 0.2) is 42.5 Å². The van der Waals surface area contributed by atoms with Gasteiger partial charge in [0.05, 0.1) is 6.42 Å². The third-order valence-electron chi connectivity index (χ3n) is 3.36. The van der Waals surface area contributed by atoms with E-state index in [9.17, 15) is 4.79 Å². The average molecular weight is 319 g/mol. The molecule has 0 fully saturated rings. The maximum absolute atomic E-state index is 11.9. The summed E-state index contributed by atoms with van der Waals surface area (Å²) in [7, 11) is 0. The highest BCUT2D eigenvalue weighted by molar-refractivity contribution is 5.85. The predicted molar refractivity (Wildman–Crippen MR) is 94.4 cm³/mol. The molecule has 22 heavy (non-hydrogen) atoms. The van der Waals surface area contributed by atoms with Crippen LogP contribution in [-0.4, -0.2) is 12.5 Å². The second kappa shape index (κ2) is 8.44. The molecule has 0 aliphatic heterocycles. The van der Waals surface area contributed by atoms with Crippen LogP contribution in [0.1, 0.15) is 22.3 Å². The van der Waals surface area contributed by atoms with E-state index in [-0.39, 0.29) is 18.3 Å². The molecule has 0 saturated carbocycles. The third-order valence-corrected chi connectivity index (χ3v) is 3.36. The standard InChI is InChI=1S/C18H22N2O.ClH/c1-13-9-14(2)11-16(10-13)7-8-20-18(21)12-15-3-5-17(19)6-4-15;/h3-6,9-11H,7-8,12,19H2,1-2H3,(H,20,21);1H. The maximum Gasteiger partial charge on any atom is 0.224 e. The van der Waals surface area contributed by atoms with Crippen molar-refractivity contribution in [3.8, 4) is 0 Å². The summed E-state index contributed by atoms with van der Waals surface area (Å²) in [5, 5.41) is 2.96. The van der Waals surface area contributed by atoms with Crippen LogP contribution >= 0.6 is 12.4 Å². The van der Waals surface area contributed by atoms with E-state index < -0.39 is 0 Å². The minimum atomic E-state index is 0. The zero-order valence-electron chi connectivity index (χ0n) is 13.1. The van der Waals surface area contributed by atoms with Crippen molar-refractivity contribution in [1.29, 1.82) is 0 Å². The van der Waals surface area contributed by atoms with Gasteiger partial charge in [-0.05, 0) is 43.5 Å². The van der Waals surface area contributed by atoms with Crippen LogP contribution < -0.4 is 11.1 Å². The van der Waals surface area contributed by atoms with Crippen LogP contribution in [0.25, 0.3) is 0 Å². The first-order chi connectivity index (χ1) is 10.0. The van der Waals surface area contributed by atoms with Crippen molar-refractivity contribution < 1.29 is 4.79 Å². The molecule has 0 spiro atoms. The summed E-state index contributed by atoms with van der Waals surface area (Å²) in [6.07, 6.45) is 1.25. The first-order valence-corrected chi connectivity index (χ1v) is 7.21. The van der Waals surface area contributed by atoms with Gasteiger partial charge in [0.25, 0.3) is 0 Å². The second-order valence-corrected chi connectivity index (χ2v) is 5.51. The molecule has 118 valence electrons. The first-order valence-electron chi connectivity index (χ1n) is 7.21. The van der Waals surface area contributed by atoms with Gasteiger partial charge >= 0.3 is 0 Å². The van der Waals surface area contributed by atoms with E-state index in [1.165, 1.54) is 16.7 Å². The highest BCUT2D eigenvalue weighted by Crippen LogP contribution is 2.09. The number of benzene rings is 2. The van der Waals surface area contributed by atoms with E-state index in [1.54, 1.807) is 0 Å². The molecular weight excluding hydrogens is 296 g/mol. The number of carbonyl (C=O) groups excluding carboxylic acids is 1. The molecule has 3 nitrogen and oxygen atoms in total. The Balaban J connectivity index is 0.00000242. The van der Waals surface area contributed by atoms with Crippen molar-refractivity contribution in [2.24, 2.45) is 0 Å². The second-order valence-electron chi connectivity index (χ2n) is 5.51. The molecule has 4 heteroatoms. The topological polar surface area (TPSA) is 55.1 Å². The highest BCUT2D eigenvalue weighted by Gasteiger charge is 2.03. The lowest BCUT2D eigenvalue weighted by molar-refractivity contribution is -0.120. The number of rotatable bonds is 5. The molecule has 2 aromatic rings. The Morgan fingerprint density at radius 2 is 1.59 bits per heavy atom. The van der Waals surface area contributed by atoms with Crippen LogP contribution in [0.5, 0.6) is 0 Å². The number of nitrogens with two attached hydrogens (primary N) is 1. The van der Waals surface area contributed by atoms with Gasteiger partial charge in [0.1, 0.15) is 0 Å². The molecule has 0 radical (unpaired) electrons. The molecule has 2 rings (SSSR count). The van der Waals surface area contributed by atoms with Crippen molar-refractivity contribution in [2.75, 3.05) is 12.3 Å². The lowest BCUT2D eigenvalue weighted by atomic mass is 10.1. The van der Waals surface area contributed by atoms with Crippen molar-refractivity contribution in [1.82, 2.24) is 5.32 Å². The fraction of sp³-hybridized carbons (Fsp3) is 0.278. The summed E-state index contributed by atoms with van der Waals surface area (Å²) >= 11 is 0. The monoisotopic (exact) mass is 318 g/mol. The number of hydrogen-bond donors (Lipinski definition) is 2. The van der Waals surface area contributed by atoms with E-state index >= 15 is 0 Å². The smallest absolute Gasteiger partial charge is 0.224 e. The zero-order valence-corrected chi connectivity index (χ0v) is 13.9. The third kappa shape index (κ3) is 5.78. The summed E-state index contributed by atoms with van der Waals surface area (Å²) in [6.45, 7) is 4.85. The van der Waals surface area contributed by atoms with E-state index in [1.807, 2.05) is 24.3 Å². The fourth-order valence-corrected chi connectivity index (χ4v) is 2.44. The Hall–Kier alpha value is -2.00. The molecule has 1 amide bonds. The van der Waals surface area contributed by atoms with Crippen LogP contribution in [-0.2, 0) is 17.6 Å². The van der Waals surface area contributed by atoms with Gasteiger partial charge in [0, 0.05) is 12.2 Å². The summed E-state index contributed by atoms with van der Waals surface area (Å²) in [5.41, 5.74) is 11.1. The van der Waals surface area contributed by atoms with Crippen molar-refractivity contribution in [2.45, 2.75) is 26.7 Å². The number of amides is 1. The Morgan fingerprint density at radius 3 is 2.18 bits per heavy atom. The number of aryl methyl sites for hydroxylation is 2. The molecule has 0 saturated heterocycles. The van der Waals surface area contributed by atoms with Gasteiger partial charge in [-0.2, -0.15) is 0 Å². The molecule has 0 aliphatic rings. The van der Waals surface area contributed by atoms with Crippen LogP contribution in [0.4, 0.5) is 5.69 Å². The van der Waals surface area contributed by atoms with E-state index in [0.717, 1.165) is 12.0 Å². The molecule has 0 aliphatic carbocycles. The number of halogens is 1. The Morgan fingerprint density at radius 1 is 1.00 bits per heavy atom. The summed E-state index contributed by atoms with van der Waals surface area (Å²) < 4.78 is 0. The largest absolute Gasteiger partial charge is 0.399 e. The van der Waals surface area contributed by atoms with Gasteiger partial charge < -0.3 is 11.1 Å². The Kier molecular flexibility index (Phi) is 6.93. The quantitative estimate of drug-likeness (QED) is 0.832. The van der Waals surface area contributed by atoms with Crippen molar-refractivity contribution >= 4 is 24.0 Å². The zero-order chi connectivity index (χ0) is 15.2. The molecule has 2 aromatic carbocycles. The van der Waals surface area contributed by atoms with Gasteiger partial charge in [0.15, 0.2) is 0 Å². The number of anilines is 1. The lowest BCUT2D eigenvalue weighted by Gasteiger charge is -2.07. The molecule has 3 N–H and O–H groups in total. The molecular formula is C18H23ClN2O. The van der Waals surface area contributed by atoms with Gasteiger partial charge in [0.2, 0.25) is 5.91 Å². The Labute approximate surface area is 138 Å². The summed E-state index contributed by atoms with van der Waals surface area (Å²) in [5.74, 6) is 0.0455.